The van der Waals surface area contributed by atoms with Gasteiger partial charge in [0.05, 0.1) is 11.7 Å². The summed E-state index contributed by atoms with van der Waals surface area (Å²) in [5.74, 6) is 1.37. The summed E-state index contributed by atoms with van der Waals surface area (Å²) in [6, 6.07) is 5.35. The molecule has 0 saturated carbocycles. The number of thioether (sulfide) groups is 1. The van der Waals surface area contributed by atoms with Crippen LogP contribution in [0.4, 0.5) is 10.1 Å². The van der Waals surface area contributed by atoms with Gasteiger partial charge in [-0.05, 0) is 37.5 Å². The fourth-order valence-electron chi connectivity index (χ4n) is 1.62. The highest BCUT2D eigenvalue weighted by Crippen LogP contribution is 2.25. The lowest BCUT2D eigenvalue weighted by molar-refractivity contribution is 0.537. The first kappa shape index (κ1) is 12.4. The van der Waals surface area contributed by atoms with E-state index in [1.807, 2.05) is 6.92 Å². The van der Waals surface area contributed by atoms with Gasteiger partial charge in [0.15, 0.2) is 5.17 Å². The highest BCUT2D eigenvalue weighted by Gasteiger charge is 2.19. The van der Waals surface area contributed by atoms with Crippen LogP contribution in [-0.2, 0) is 0 Å². The lowest BCUT2D eigenvalue weighted by Gasteiger charge is -2.23. The van der Waals surface area contributed by atoms with Crippen LogP contribution in [-0.4, -0.2) is 17.0 Å². The zero-order chi connectivity index (χ0) is 12.4. The third kappa shape index (κ3) is 3.00. The number of benzene rings is 1. The molecule has 2 nitrogen and oxygen atoms in total. The van der Waals surface area contributed by atoms with E-state index >= 15 is 0 Å². The normalized spacial score (nSPS) is 24.4. The Kier molecular flexibility index (Phi) is 3.72. The van der Waals surface area contributed by atoms with Gasteiger partial charge in [0.25, 0.3) is 0 Å². The van der Waals surface area contributed by atoms with Gasteiger partial charge < -0.3 is 5.32 Å². The maximum absolute atomic E-state index is 13.6. The molecule has 0 saturated heterocycles. The molecule has 2 unspecified atom stereocenters. The average Bonchev–Trinajstić information content (AvgIpc) is 2.29. The van der Waals surface area contributed by atoms with Crippen molar-refractivity contribution in [2.45, 2.75) is 26.8 Å². The molecule has 0 aromatic heterocycles. The molecule has 4 heteroatoms. The first-order valence-electron chi connectivity index (χ1n) is 5.80. The Hall–Kier alpha value is -1.03. The quantitative estimate of drug-likeness (QED) is 0.824. The highest BCUT2D eigenvalue weighted by molar-refractivity contribution is 8.14. The van der Waals surface area contributed by atoms with E-state index in [1.54, 1.807) is 23.9 Å². The molecule has 1 aromatic carbocycles. The van der Waals surface area contributed by atoms with Gasteiger partial charge in [-0.1, -0.05) is 24.8 Å². The van der Waals surface area contributed by atoms with Gasteiger partial charge in [-0.15, -0.1) is 0 Å². The minimum atomic E-state index is -0.231. The minimum Gasteiger partial charge on any atom is -0.333 e. The van der Waals surface area contributed by atoms with Crippen LogP contribution in [0.2, 0.25) is 0 Å². The third-order valence-electron chi connectivity index (χ3n) is 2.99. The highest BCUT2D eigenvalue weighted by atomic mass is 32.2. The molecule has 0 fully saturated rings. The molecule has 92 valence electrons. The van der Waals surface area contributed by atoms with Crippen LogP contribution in [0, 0.1) is 18.7 Å². The summed E-state index contributed by atoms with van der Waals surface area (Å²) in [5.41, 5.74) is 1.55. The van der Waals surface area contributed by atoms with Crippen molar-refractivity contribution in [3.05, 3.63) is 29.6 Å². The molecule has 0 radical (unpaired) electrons. The number of nitrogens with zero attached hydrogens (tertiary/aromatic N) is 1. The monoisotopic (exact) mass is 252 g/mol. The maximum Gasteiger partial charge on any atom is 0.161 e. The Bertz CT molecular complexity index is 445. The number of rotatable bonds is 1. The van der Waals surface area contributed by atoms with Crippen molar-refractivity contribution >= 4 is 22.6 Å². The van der Waals surface area contributed by atoms with E-state index in [2.05, 4.69) is 24.2 Å². The predicted octanol–water partition coefficient (Wildman–Crippen LogP) is 3.67. The van der Waals surface area contributed by atoms with Gasteiger partial charge >= 0.3 is 0 Å². The van der Waals surface area contributed by atoms with Crippen LogP contribution in [0.25, 0.3) is 0 Å². The van der Waals surface area contributed by atoms with Crippen LogP contribution in [0.15, 0.2) is 23.2 Å². The zero-order valence-corrected chi connectivity index (χ0v) is 11.1. The Morgan fingerprint density at radius 1 is 1.41 bits per heavy atom. The molecule has 1 aromatic rings. The lowest BCUT2D eigenvalue weighted by atomic mass is 10.1. The molecule has 0 bridgehead atoms. The number of halogens is 1. The largest absolute Gasteiger partial charge is 0.333 e. The summed E-state index contributed by atoms with van der Waals surface area (Å²) >= 11 is 1.66. The lowest BCUT2D eigenvalue weighted by Crippen LogP contribution is -2.25. The summed E-state index contributed by atoms with van der Waals surface area (Å²) in [4.78, 5) is 4.53. The van der Waals surface area contributed by atoms with Crippen LogP contribution in [0.3, 0.4) is 0 Å². The summed E-state index contributed by atoms with van der Waals surface area (Å²) < 4.78 is 13.6. The number of aryl methyl sites for hydroxylation is 1. The molecular formula is C13H17FN2S. The minimum absolute atomic E-state index is 0.231. The van der Waals surface area contributed by atoms with E-state index < -0.39 is 0 Å². The van der Waals surface area contributed by atoms with E-state index in [4.69, 9.17) is 0 Å². The molecule has 2 atom stereocenters. The second-order valence-electron chi connectivity index (χ2n) is 4.57. The molecular weight excluding hydrogens is 235 g/mol. The van der Waals surface area contributed by atoms with Crippen molar-refractivity contribution < 1.29 is 4.39 Å². The fraction of sp³-hybridized carbons (Fsp3) is 0.462. The summed E-state index contributed by atoms with van der Waals surface area (Å²) in [7, 11) is 0. The Morgan fingerprint density at radius 3 is 2.88 bits per heavy atom. The summed E-state index contributed by atoms with van der Waals surface area (Å²) in [5, 5.41) is 3.90. The Balaban J connectivity index is 2.16. The first-order chi connectivity index (χ1) is 8.06. The number of anilines is 1. The molecule has 0 spiro atoms. The molecule has 2 rings (SSSR count). The van der Waals surface area contributed by atoms with Crippen LogP contribution in [0.5, 0.6) is 0 Å². The second kappa shape index (κ2) is 5.08. The Labute approximate surface area is 106 Å². The second-order valence-corrected chi connectivity index (χ2v) is 5.58. The van der Waals surface area contributed by atoms with E-state index in [0.29, 0.717) is 17.6 Å². The van der Waals surface area contributed by atoms with Crippen LogP contribution < -0.4 is 5.32 Å². The van der Waals surface area contributed by atoms with Crippen molar-refractivity contribution in [3.8, 4) is 0 Å². The average molecular weight is 252 g/mol. The Morgan fingerprint density at radius 2 is 2.18 bits per heavy atom. The zero-order valence-electron chi connectivity index (χ0n) is 10.3. The number of nitrogens with one attached hydrogen (secondary N) is 1. The van der Waals surface area contributed by atoms with Gasteiger partial charge in [0.1, 0.15) is 5.82 Å². The van der Waals surface area contributed by atoms with Crippen molar-refractivity contribution in [1.29, 1.82) is 0 Å². The van der Waals surface area contributed by atoms with E-state index in [-0.39, 0.29) is 5.82 Å². The number of amidine groups is 1. The standard InChI is InChI=1S/C13H17FN2S/c1-8-4-5-11(14)12(6-8)16-13-15-10(3)9(2)7-17-13/h4-6,9-10H,7H2,1-3H3,(H,15,16). The molecule has 0 aliphatic carbocycles. The number of hydrogen-bond acceptors (Lipinski definition) is 3. The van der Waals surface area contributed by atoms with Crippen LogP contribution >= 0.6 is 11.8 Å². The van der Waals surface area contributed by atoms with Crippen molar-refractivity contribution in [1.82, 2.24) is 0 Å². The third-order valence-corrected chi connectivity index (χ3v) is 4.16. The molecule has 1 N–H and O–H groups in total. The topological polar surface area (TPSA) is 24.4 Å². The van der Waals surface area contributed by atoms with Gasteiger partial charge in [0, 0.05) is 5.75 Å². The van der Waals surface area contributed by atoms with E-state index in [1.165, 1.54) is 6.07 Å². The predicted molar refractivity (Wildman–Crippen MR) is 73.3 cm³/mol. The van der Waals surface area contributed by atoms with Gasteiger partial charge in [-0.3, -0.25) is 4.99 Å². The smallest absolute Gasteiger partial charge is 0.161 e. The molecule has 1 aliphatic heterocycles. The van der Waals surface area contributed by atoms with Crippen LogP contribution in [0.1, 0.15) is 19.4 Å². The van der Waals surface area contributed by atoms with Gasteiger partial charge in [-0.2, -0.15) is 0 Å². The number of aliphatic imine (C=N–C) groups is 1. The SMILES string of the molecule is Cc1ccc(F)c(NC2=NC(C)C(C)CS2)c1. The summed E-state index contributed by atoms with van der Waals surface area (Å²) in [6.45, 7) is 6.23. The maximum atomic E-state index is 13.6. The van der Waals surface area contributed by atoms with Gasteiger partial charge in [0.2, 0.25) is 0 Å². The van der Waals surface area contributed by atoms with Crippen molar-refractivity contribution in [2.24, 2.45) is 10.9 Å². The van der Waals surface area contributed by atoms with Crippen molar-refractivity contribution in [2.75, 3.05) is 11.1 Å². The number of hydrogen-bond donors (Lipinski definition) is 1. The molecule has 1 heterocycles. The van der Waals surface area contributed by atoms with E-state index in [9.17, 15) is 4.39 Å². The fourth-order valence-corrected chi connectivity index (χ4v) is 2.74. The van der Waals surface area contributed by atoms with E-state index in [0.717, 1.165) is 16.5 Å². The molecule has 0 amide bonds. The first-order valence-corrected chi connectivity index (χ1v) is 6.78. The van der Waals surface area contributed by atoms with Crippen molar-refractivity contribution in [3.63, 3.8) is 0 Å². The molecule has 1 aliphatic rings. The van der Waals surface area contributed by atoms with Gasteiger partial charge in [-0.25, -0.2) is 4.39 Å². The molecule has 17 heavy (non-hydrogen) atoms. The summed E-state index contributed by atoms with van der Waals surface area (Å²) in [6.07, 6.45) is 0.